The minimum atomic E-state index is -0.749. The van der Waals surface area contributed by atoms with Crippen molar-refractivity contribution in [2.75, 3.05) is 0 Å². The predicted octanol–water partition coefficient (Wildman–Crippen LogP) is 3.79. The van der Waals surface area contributed by atoms with Crippen molar-refractivity contribution < 1.29 is 9.50 Å². The molecule has 5 nitrogen and oxygen atoms in total. The van der Waals surface area contributed by atoms with Crippen molar-refractivity contribution in [3.05, 3.63) is 93.2 Å². The molecule has 0 saturated carbocycles. The zero-order chi connectivity index (χ0) is 19.7. The standard InChI is InChI=1S/C21H15ClFN3O2/c22-14-7-5-13(6-8-14)11-26-21(28)17-4-2-1-3-16(17)19(25-26)18-10-9-15(12-27)24-20(18)23/h1-10,27H,11-12H2. The van der Waals surface area contributed by atoms with Crippen LogP contribution in [0.1, 0.15) is 11.3 Å². The summed E-state index contributed by atoms with van der Waals surface area (Å²) in [7, 11) is 0. The summed E-state index contributed by atoms with van der Waals surface area (Å²) in [6.07, 6.45) is 0. The van der Waals surface area contributed by atoms with Crippen molar-refractivity contribution in [3.63, 3.8) is 0 Å². The van der Waals surface area contributed by atoms with Crippen molar-refractivity contribution in [1.29, 1.82) is 0 Å². The molecule has 2 heterocycles. The van der Waals surface area contributed by atoms with E-state index in [4.69, 9.17) is 16.7 Å². The van der Waals surface area contributed by atoms with Gasteiger partial charge in [-0.05, 0) is 35.9 Å². The lowest BCUT2D eigenvalue weighted by Crippen LogP contribution is -2.24. The third kappa shape index (κ3) is 3.40. The quantitative estimate of drug-likeness (QED) is 0.534. The van der Waals surface area contributed by atoms with Crippen LogP contribution in [0.5, 0.6) is 0 Å². The second-order valence-corrected chi connectivity index (χ2v) is 6.72. The van der Waals surface area contributed by atoms with Crippen molar-refractivity contribution >= 4 is 22.4 Å². The summed E-state index contributed by atoms with van der Waals surface area (Å²) in [6.45, 7) is -0.140. The molecule has 0 spiro atoms. The zero-order valence-electron chi connectivity index (χ0n) is 14.6. The molecule has 4 rings (SSSR count). The van der Waals surface area contributed by atoms with Crippen molar-refractivity contribution in [2.45, 2.75) is 13.2 Å². The monoisotopic (exact) mass is 395 g/mol. The van der Waals surface area contributed by atoms with E-state index >= 15 is 0 Å². The van der Waals surface area contributed by atoms with Gasteiger partial charge in [-0.2, -0.15) is 9.49 Å². The molecule has 0 bridgehead atoms. The van der Waals surface area contributed by atoms with Gasteiger partial charge in [0.2, 0.25) is 5.95 Å². The Labute approximate surface area is 164 Å². The molecule has 0 atom stereocenters. The van der Waals surface area contributed by atoms with Crippen LogP contribution in [0.15, 0.2) is 65.5 Å². The second-order valence-electron chi connectivity index (χ2n) is 6.28. The molecule has 2 aromatic heterocycles. The first-order valence-electron chi connectivity index (χ1n) is 8.58. The molecule has 0 fully saturated rings. The Morgan fingerprint density at radius 2 is 1.71 bits per heavy atom. The molecular formula is C21H15ClFN3O2. The molecule has 0 aliphatic heterocycles. The van der Waals surface area contributed by atoms with Crippen LogP contribution in [0.4, 0.5) is 4.39 Å². The van der Waals surface area contributed by atoms with Crippen molar-refractivity contribution in [1.82, 2.24) is 14.8 Å². The van der Waals surface area contributed by atoms with Crippen molar-refractivity contribution in [2.24, 2.45) is 0 Å². The molecular weight excluding hydrogens is 381 g/mol. The molecule has 140 valence electrons. The summed E-state index contributed by atoms with van der Waals surface area (Å²) in [6, 6.07) is 17.1. The summed E-state index contributed by atoms with van der Waals surface area (Å²) in [4.78, 5) is 16.7. The zero-order valence-corrected chi connectivity index (χ0v) is 15.4. The van der Waals surface area contributed by atoms with Gasteiger partial charge in [0.05, 0.1) is 29.8 Å². The third-order valence-corrected chi connectivity index (χ3v) is 4.69. The minimum absolute atomic E-state index is 0.165. The summed E-state index contributed by atoms with van der Waals surface area (Å²) in [5, 5.41) is 15.2. The van der Waals surface area contributed by atoms with Gasteiger partial charge in [-0.15, -0.1) is 0 Å². The second kappa shape index (κ2) is 7.50. The van der Waals surface area contributed by atoms with Crippen LogP contribution in [0.25, 0.3) is 22.0 Å². The summed E-state index contributed by atoms with van der Waals surface area (Å²) in [5.41, 5.74) is 1.28. The van der Waals surface area contributed by atoms with E-state index in [0.29, 0.717) is 21.5 Å². The Hall–Kier alpha value is -3.09. The predicted molar refractivity (Wildman–Crippen MR) is 106 cm³/mol. The van der Waals surface area contributed by atoms with Crippen LogP contribution < -0.4 is 5.56 Å². The van der Waals surface area contributed by atoms with Gasteiger partial charge < -0.3 is 5.11 Å². The number of nitrogens with zero attached hydrogens (tertiary/aromatic N) is 3. The Morgan fingerprint density at radius 3 is 2.39 bits per heavy atom. The van der Waals surface area contributed by atoms with E-state index in [2.05, 4.69) is 10.1 Å². The van der Waals surface area contributed by atoms with E-state index in [1.165, 1.54) is 16.8 Å². The number of aliphatic hydroxyl groups excluding tert-OH is 1. The maximum atomic E-state index is 14.6. The Morgan fingerprint density at radius 1 is 1.00 bits per heavy atom. The van der Waals surface area contributed by atoms with E-state index < -0.39 is 5.95 Å². The number of benzene rings is 2. The highest BCUT2D eigenvalue weighted by Crippen LogP contribution is 2.26. The number of aliphatic hydroxyl groups is 1. The van der Waals surface area contributed by atoms with Crippen molar-refractivity contribution in [3.8, 4) is 11.3 Å². The number of halogens is 2. The fourth-order valence-corrected chi connectivity index (χ4v) is 3.17. The van der Waals surface area contributed by atoms with Crippen LogP contribution in [0.3, 0.4) is 0 Å². The van der Waals surface area contributed by atoms with Crippen LogP contribution in [-0.2, 0) is 13.2 Å². The first kappa shape index (κ1) is 18.3. The van der Waals surface area contributed by atoms with E-state index in [1.54, 1.807) is 36.4 Å². The number of rotatable bonds is 4. The molecule has 0 unspecified atom stereocenters. The van der Waals surface area contributed by atoms with E-state index in [1.807, 2.05) is 12.1 Å². The molecule has 7 heteroatoms. The lowest BCUT2D eigenvalue weighted by molar-refractivity contribution is 0.275. The van der Waals surface area contributed by atoms with Gasteiger partial charge in [-0.3, -0.25) is 4.79 Å². The molecule has 1 N–H and O–H groups in total. The molecule has 0 radical (unpaired) electrons. The van der Waals surface area contributed by atoms with Gasteiger partial charge >= 0.3 is 0 Å². The topological polar surface area (TPSA) is 68.0 Å². The molecule has 0 saturated heterocycles. The Bertz CT molecular complexity index is 1220. The van der Waals surface area contributed by atoms with Gasteiger partial charge in [-0.25, -0.2) is 9.67 Å². The molecule has 0 aliphatic rings. The van der Waals surface area contributed by atoms with Crippen LogP contribution >= 0.6 is 11.6 Å². The lowest BCUT2D eigenvalue weighted by Gasteiger charge is -2.12. The summed E-state index contributed by atoms with van der Waals surface area (Å²) < 4.78 is 15.9. The minimum Gasteiger partial charge on any atom is -0.390 e. The molecule has 0 amide bonds. The highest BCUT2D eigenvalue weighted by Gasteiger charge is 2.16. The summed E-state index contributed by atoms with van der Waals surface area (Å²) >= 11 is 5.92. The van der Waals surface area contributed by atoms with E-state index in [-0.39, 0.29) is 30.0 Å². The Kier molecular flexibility index (Phi) is 4.90. The fraction of sp³-hybridized carbons (Fsp3) is 0.0952. The molecule has 2 aromatic carbocycles. The maximum absolute atomic E-state index is 14.6. The van der Waals surface area contributed by atoms with E-state index in [0.717, 1.165) is 5.56 Å². The number of pyridine rings is 1. The highest BCUT2D eigenvalue weighted by atomic mass is 35.5. The first-order chi connectivity index (χ1) is 13.6. The normalized spacial score (nSPS) is 11.1. The van der Waals surface area contributed by atoms with Crippen LogP contribution in [-0.4, -0.2) is 19.9 Å². The largest absolute Gasteiger partial charge is 0.390 e. The third-order valence-electron chi connectivity index (χ3n) is 4.44. The van der Waals surface area contributed by atoms with Crippen LogP contribution in [0, 0.1) is 5.95 Å². The number of aromatic nitrogens is 3. The van der Waals surface area contributed by atoms with Gasteiger partial charge in [0.1, 0.15) is 5.69 Å². The van der Waals surface area contributed by atoms with Crippen LogP contribution in [0.2, 0.25) is 5.02 Å². The van der Waals surface area contributed by atoms with Gasteiger partial charge in [-0.1, -0.05) is 41.9 Å². The van der Waals surface area contributed by atoms with E-state index in [9.17, 15) is 9.18 Å². The van der Waals surface area contributed by atoms with Gasteiger partial charge in [0.15, 0.2) is 0 Å². The number of hydrogen-bond acceptors (Lipinski definition) is 4. The summed E-state index contributed by atoms with van der Waals surface area (Å²) in [5.74, 6) is -0.749. The average molecular weight is 396 g/mol. The number of hydrogen-bond donors (Lipinski definition) is 1. The molecule has 4 aromatic rings. The SMILES string of the molecule is O=c1c2ccccc2c(-c2ccc(CO)nc2F)nn1Cc1ccc(Cl)cc1. The first-order valence-corrected chi connectivity index (χ1v) is 8.95. The van der Waals surface area contributed by atoms with Gasteiger partial charge in [0, 0.05) is 10.4 Å². The van der Waals surface area contributed by atoms with Gasteiger partial charge in [0.25, 0.3) is 5.56 Å². The average Bonchev–Trinajstić information content (AvgIpc) is 2.72. The smallest absolute Gasteiger partial charge is 0.274 e. The molecule has 28 heavy (non-hydrogen) atoms. The Balaban J connectivity index is 1.92. The lowest BCUT2D eigenvalue weighted by atomic mass is 10.1. The molecule has 0 aliphatic carbocycles. The highest BCUT2D eigenvalue weighted by molar-refractivity contribution is 6.30. The maximum Gasteiger partial charge on any atom is 0.274 e. The number of fused-ring (bicyclic) bond motifs is 1. The fourth-order valence-electron chi connectivity index (χ4n) is 3.04.